The molecule has 8 nitrogen and oxygen atoms in total. The maximum Gasteiger partial charge on any atom is 0.224 e. The molecule has 1 aliphatic carbocycles. The Morgan fingerprint density at radius 1 is 0.897 bits per heavy atom. The first-order valence-electron chi connectivity index (χ1n) is 14.5. The summed E-state index contributed by atoms with van der Waals surface area (Å²) in [4.78, 5) is 19.4. The Kier molecular flexibility index (Phi) is 9.06. The molecule has 0 radical (unpaired) electrons. The summed E-state index contributed by atoms with van der Waals surface area (Å²) in [6, 6.07) is 13.6. The zero-order valence-electron chi connectivity index (χ0n) is 23.6. The van der Waals surface area contributed by atoms with E-state index in [0.717, 1.165) is 75.5 Å². The van der Waals surface area contributed by atoms with E-state index in [9.17, 15) is 5.11 Å². The number of benzene rings is 1. The van der Waals surface area contributed by atoms with Crippen LogP contribution in [0.1, 0.15) is 56.2 Å². The average molecular weight is 530 g/mol. The molecule has 0 spiro atoms. The van der Waals surface area contributed by atoms with Crippen molar-refractivity contribution in [1.82, 2.24) is 24.8 Å². The molecule has 3 heterocycles. The number of hydrogen-bond acceptors (Lipinski definition) is 8. The third-order valence-electron chi connectivity index (χ3n) is 8.04. The van der Waals surface area contributed by atoms with Gasteiger partial charge in [0.25, 0.3) is 0 Å². The van der Waals surface area contributed by atoms with Crippen LogP contribution in [0.25, 0.3) is 11.3 Å². The van der Waals surface area contributed by atoms with Crippen molar-refractivity contribution < 1.29 is 5.11 Å². The van der Waals surface area contributed by atoms with Gasteiger partial charge >= 0.3 is 0 Å². The van der Waals surface area contributed by atoms with Crippen LogP contribution in [0.5, 0.6) is 0 Å². The van der Waals surface area contributed by atoms with Gasteiger partial charge in [-0.15, -0.1) is 0 Å². The number of pyridine rings is 1. The molecule has 1 aromatic carbocycles. The van der Waals surface area contributed by atoms with Crippen LogP contribution in [-0.2, 0) is 13.1 Å². The lowest BCUT2D eigenvalue weighted by atomic mass is 9.93. The standard InChI is InChI=1S/C31H43N7O/c1-22(2)38-16-14-37(15-17-38)21-25-8-13-29(32-19-25)28-20-34-31(33-18-24-6-4-23(3)5-7-24)36-30(28)35-26-9-11-27(39)12-10-26/h4-8,13,19-20,22,26-27,39H,9-12,14-18,21H2,1-3H3,(H2,33,34,35,36). The highest BCUT2D eigenvalue weighted by atomic mass is 16.3. The van der Waals surface area contributed by atoms with Gasteiger partial charge in [0.2, 0.25) is 5.95 Å². The van der Waals surface area contributed by atoms with Gasteiger partial charge in [-0.3, -0.25) is 14.8 Å². The molecule has 3 N–H and O–H groups in total. The van der Waals surface area contributed by atoms with Gasteiger partial charge in [-0.05, 0) is 63.6 Å². The summed E-state index contributed by atoms with van der Waals surface area (Å²) in [6.45, 7) is 12.7. The molecule has 2 aromatic heterocycles. The molecule has 2 aliphatic rings. The quantitative estimate of drug-likeness (QED) is 0.368. The van der Waals surface area contributed by atoms with Gasteiger partial charge in [-0.1, -0.05) is 35.9 Å². The second-order valence-corrected chi connectivity index (χ2v) is 11.4. The van der Waals surface area contributed by atoms with Crippen LogP contribution in [0, 0.1) is 6.92 Å². The molecule has 39 heavy (non-hydrogen) atoms. The van der Waals surface area contributed by atoms with E-state index in [1.54, 1.807) is 0 Å². The molecule has 0 bridgehead atoms. The second kappa shape index (κ2) is 12.9. The normalized spacial score (nSPS) is 20.7. The molecule has 2 fully saturated rings. The van der Waals surface area contributed by atoms with Crippen molar-refractivity contribution in [2.75, 3.05) is 36.8 Å². The Labute approximate surface area is 232 Å². The summed E-state index contributed by atoms with van der Waals surface area (Å²) in [5.74, 6) is 1.39. The fraction of sp³-hybridized carbons (Fsp3) is 0.516. The molecule has 1 aliphatic heterocycles. The Morgan fingerprint density at radius 2 is 1.62 bits per heavy atom. The summed E-state index contributed by atoms with van der Waals surface area (Å²) in [5, 5.41) is 17.0. The van der Waals surface area contributed by atoms with Crippen LogP contribution < -0.4 is 10.6 Å². The van der Waals surface area contributed by atoms with Crippen molar-refractivity contribution in [3.8, 4) is 11.3 Å². The lowest BCUT2D eigenvalue weighted by molar-refractivity contribution is 0.104. The zero-order chi connectivity index (χ0) is 27.2. The van der Waals surface area contributed by atoms with Crippen LogP contribution >= 0.6 is 0 Å². The molecular weight excluding hydrogens is 486 g/mol. The minimum atomic E-state index is -0.192. The largest absolute Gasteiger partial charge is 0.393 e. The van der Waals surface area contributed by atoms with Crippen molar-refractivity contribution in [2.45, 2.75) is 77.7 Å². The summed E-state index contributed by atoms with van der Waals surface area (Å²) in [7, 11) is 0. The maximum atomic E-state index is 9.97. The minimum absolute atomic E-state index is 0.192. The van der Waals surface area contributed by atoms with Crippen LogP contribution in [-0.4, -0.2) is 74.2 Å². The fourth-order valence-corrected chi connectivity index (χ4v) is 5.44. The van der Waals surface area contributed by atoms with E-state index >= 15 is 0 Å². The first-order valence-corrected chi connectivity index (χ1v) is 14.5. The Bertz CT molecular complexity index is 1180. The molecule has 0 amide bonds. The zero-order valence-corrected chi connectivity index (χ0v) is 23.6. The predicted molar refractivity (Wildman–Crippen MR) is 158 cm³/mol. The molecule has 0 atom stereocenters. The molecule has 8 heteroatoms. The number of piperazine rings is 1. The summed E-state index contributed by atoms with van der Waals surface area (Å²) < 4.78 is 0. The first-order chi connectivity index (χ1) is 18.9. The van der Waals surface area contributed by atoms with E-state index in [1.807, 2.05) is 12.4 Å². The number of rotatable bonds is 9. The number of aryl methyl sites for hydroxylation is 1. The van der Waals surface area contributed by atoms with Crippen LogP contribution in [0.2, 0.25) is 0 Å². The fourth-order valence-electron chi connectivity index (χ4n) is 5.44. The topological polar surface area (TPSA) is 89.4 Å². The summed E-state index contributed by atoms with van der Waals surface area (Å²) >= 11 is 0. The van der Waals surface area contributed by atoms with E-state index in [1.165, 1.54) is 16.7 Å². The van der Waals surface area contributed by atoms with Gasteiger partial charge in [0.05, 0.1) is 17.4 Å². The van der Waals surface area contributed by atoms with Crippen LogP contribution in [0.3, 0.4) is 0 Å². The SMILES string of the molecule is Cc1ccc(CNc2ncc(-c3ccc(CN4CCN(C(C)C)CC4)cn3)c(NC3CCC(O)CC3)n2)cc1. The number of aliphatic hydroxyl groups excluding tert-OH is 1. The molecule has 5 rings (SSSR count). The van der Waals surface area contributed by atoms with Gasteiger partial charge in [-0.25, -0.2) is 4.98 Å². The van der Waals surface area contributed by atoms with Crippen molar-refractivity contribution >= 4 is 11.8 Å². The van der Waals surface area contributed by atoms with Gasteiger partial charge in [0.15, 0.2) is 0 Å². The Balaban J connectivity index is 1.29. The number of nitrogens with zero attached hydrogens (tertiary/aromatic N) is 5. The van der Waals surface area contributed by atoms with Gasteiger partial charge < -0.3 is 15.7 Å². The highest BCUT2D eigenvalue weighted by Gasteiger charge is 2.22. The second-order valence-electron chi connectivity index (χ2n) is 11.4. The maximum absolute atomic E-state index is 9.97. The Hall–Kier alpha value is -3.07. The molecule has 1 saturated heterocycles. The first kappa shape index (κ1) is 27.5. The molecule has 208 valence electrons. The monoisotopic (exact) mass is 529 g/mol. The van der Waals surface area contributed by atoms with Crippen molar-refractivity contribution in [3.05, 3.63) is 65.5 Å². The van der Waals surface area contributed by atoms with Crippen molar-refractivity contribution in [1.29, 1.82) is 0 Å². The smallest absolute Gasteiger partial charge is 0.224 e. The molecule has 1 saturated carbocycles. The Morgan fingerprint density at radius 3 is 2.28 bits per heavy atom. The summed E-state index contributed by atoms with van der Waals surface area (Å²) in [6.07, 6.45) is 7.15. The number of hydrogen-bond donors (Lipinski definition) is 3. The highest BCUT2D eigenvalue weighted by molar-refractivity contribution is 5.73. The number of aromatic nitrogens is 3. The van der Waals surface area contributed by atoms with E-state index < -0.39 is 0 Å². The van der Waals surface area contributed by atoms with Crippen molar-refractivity contribution in [2.24, 2.45) is 0 Å². The third-order valence-corrected chi connectivity index (χ3v) is 8.04. The summed E-state index contributed by atoms with van der Waals surface area (Å²) in [5.41, 5.74) is 5.43. The lowest BCUT2D eigenvalue weighted by Crippen LogP contribution is -2.48. The molecular formula is C31H43N7O. The number of aliphatic hydroxyl groups is 1. The predicted octanol–water partition coefficient (Wildman–Crippen LogP) is 4.70. The average Bonchev–Trinajstić information content (AvgIpc) is 2.95. The minimum Gasteiger partial charge on any atom is -0.393 e. The molecule has 3 aromatic rings. The van der Waals surface area contributed by atoms with Crippen molar-refractivity contribution in [3.63, 3.8) is 0 Å². The highest BCUT2D eigenvalue weighted by Crippen LogP contribution is 2.29. The number of anilines is 2. The van der Waals surface area contributed by atoms with E-state index in [2.05, 4.69) is 82.6 Å². The number of nitrogens with one attached hydrogen (secondary N) is 2. The van der Waals surface area contributed by atoms with E-state index in [4.69, 9.17) is 9.97 Å². The van der Waals surface area contributed by atoms with Gasteiger partial charge in [0, 0.05) is 63.7 Å². The third kappa shape index (κ3) is 7.53. The van der Waals surface area contributed by atoms with Gasteiger partial charge in [-0.2, -0.15) is 4.98 Å². The van der Waals surface area contributed by atoms with Crippen LogP contribution in [0.4, 0.5) is 11.8 Å². The molecule has 0 unspecified atom stereocenters. The van der Waals surface area contributed by atoms with E-state index in [0.29, 0.717) is 18.5 Å². The van der Waals surface area contributed by atoms with Gasteiger partial charge in [0.1, 0.15) is 5.82 Å². The van der Waals surface area contributed by atoms with Crippen LogP contribution in [0.15, 0.2) is 48.8 Å². The van der Waals surface area contributed by atoms with E-state index in [-0.39, 0.29) is 12.1 Å². The lowest BCUT2D eigenvalue weighted by Gasteiger charge is -2.36.